The topological polar surface area (TPSA) is 119 Å². The molecular formula is C15H17N3O4. The molecule has 0 aliphatic heterocycles. The van der Waals surface area contributed by atoms with E-state index in [-0.39, 0.29) is 18.7 Å². The summed E-state index contributed by atoms with van der Waals surface area (Å²) < 4.78 is 0. The van der Waals surface area contributed by atoms with Crippen LogP contribution in [0.1, 0.15) is 36.5 Å². The second-order valence-electron chi connectivity index (χ2n) is 4.67. The summed E-state index contributed by atoms with van der Waals surface area (Å²) in [4.78, 5) is 34.0. The molecule has 1 aromatic carbocycles. The fourth-order valence-electron chi connectivity index (χ4n) is 1.79. The summed E-state index contributed by atoms with van der Waals surface area (Å²) in [6.07, 6.45) is 0.832. The van der Waals surface area contributed by atoms with Crippen molar-refractivity contribution in [1.82, 2.24) is 5.32 Å². The Kier molecular flexibility index (Phi) is 6.57. The Hall–Kier alpha value is -2.88. The van der Waals surface area contributed by atoms with Crippen LogP contribution in [0, 0.1) is 11.3 Å². The standard InChI is InChI=1S/C15H17N3O4/c1-10(19)17-12-7-5-11(6-8-12)14(20)18-13(15(21)22)4-2-3-9-16/h5-8,13H,2-4H2,1H3,(H,17,19)(H,18,20)(H,21,22)/t13-/m0/s1. The number of nitrogens with zero attached hydrogens (tertiary/aromatic N) is 1. The van der Waals surface area contributed by atoms with Crippen molar-refractivity contribution in [2.45, 2.75) is 32.2 Å². The molecule has 1 atom stereocenters. The summed E-state index contributed by atoms with van der Waals surface area (Å²) in [7, 11) is 0. The third-order valence-electron chi connectivity index (χ3n) is 2.85. The van der Waals surface area contributed by atoms with Crippen molar-refractivity contribution < 1.29 is 19.5 Å². The zero-order valence-electron chi connectivity index (χ0n) is 12.1. The fourth-order valence-corrected chi connectivity index (χ4v) is 1.79. The summed E-state index contributed by atoms with van der Waals surface area (Å²) >= 11 is 0. The molecule has 0 aliphatic carbocycles. The maximum atomic E-state index is 12.0. The predicted molar refractivity (Wildman–Crippen MR) is 79.1 cm³/mol. The molecule has 0 spiro atoms. The van der Waals surface area contributed by atoms with Gasteiger partial charge in [0.05, 0.1) is 6.07 Å². The number of carbonyl (C=O) groups is 3. The maximum absolute atomic E-state index is 12.0. The summed E-state index contributed by atoms with van der Waals surface area (Å²) in [6.45, 7) is 1.37. The molecule has 0 aromatic heterocycles. The van der Waals surface area contributed by atoms with Gasteiger partial charge >= 0.3 is 5.97 Å². The summed E-state index contributed by atoms with van der Waals surface area (Å²) in [5, 5.41) is 22.5. The molecule has 0 radical (unpaired) electrons. The Balaban J connectivity index is 2.67. The molecule has 0 fully saturated rings. The van der Waals surface area contributed by atoms with Crippen molar-refractivity contribution in [3.05, 3.63) is 29.8 Å². The van der Waals surface area contributed by atoms with Crippen LogP contribution < -0.4 is 10.6 Å². The first kappa shape index (κ1) is 17.2. The van der Waals surface area contributed by atoms with Crippen LogP contribution in [-0.4, -0.2) is 28.9 Å². The van der Waals surface area contributed by atoms with Gasteiger partial charge in [0, 0.05) is 24.6 Å². The van der Waals surface area contributed by atoms with Crippen LogP contribution in [0.5, 0.6) is 0 Å². The Morgan fingerprint density at radius 3 is 2.41 bits per heavy atom. The highest BCUT2D eigenvalue weighted by molar-refractivity contribution is 5.97. The number of amides is 2. The highest BCUT2D eigenvalue weighted by atomic mass is 16.4. The van der Waals surface area contributed by atoms with E-state index in [1.54, 1.807) is 12.1 Å². The molecule has 3 N–H and O–H groups in total. The van der Waals surface area contributed by atoms with Crippen molar-refractivity contribution in [3.8, 4) is 6.07 Å². The van der Waals surface area contributed by atoms with Crippen LogP contribution in [0.4, 0.5) is 5.69 Å². The number of anilines is 1. The van der Waals surface area contributed by atoms with E-state index < -0.39 is 17.9 Å². The van der Waals surface area contributed by atoms with Crippen molar-refractivity contribution in [2.75, 3.05) is 5.32 Å². The van der Waals surface area contributed by atoms with Gasteiger partial charge in [0.25, 0.3) is 5.91 Å². The van der Waals surface area contributed by atoms with Gasteiger partial charge in [-0.25, -0.2) is 4.79 Å². The van der Waals surface area contributed by atoms with E-state index in [9.17, 15) is 14.4 Å². The lowest BCUT2D eigenvalue weighted by molar-refractivity contribution is -0.139. The molecule has 0 saturated heterocycles. The number of hydrogen-bond donors (Lipinski definition) is 3. The molecule has 0 saturated carbocycles. The van der Waals surface area contributed by atoms with Crippen LogP contribution >= 0.6 is 0 Å². The van der Waals surface area contributed by atoms with E-state index in [2.05, 4.69) is 10.6 Å². The summed E-state index contributed by atoms with van der Waals surface area (Å²) in [6, 6.07) is 7.00. The molecule has 0 aliphatic rings. The van der Waals surface area contributed by atoms with Crippen molar-refractivity contribution in [1.29, 1.82) is 5.26 Å². The number of nitriles is 1. The van der Waals surface area contributed by atoms with E-state index in [4.69, 9.17) is 10.4 Å². The highest BCUT2D eigenvalue weighted by Crippen LogP contribution is 2.10. The number of rotatable bonds is 7. The van der Waals surface area contributed by atoms with Crippen molar-refractivity contribution in [2.24, 2.45) is 0 Å². The maximum Gasteiger partial charge on any atom is 0.326 e. The van der Waals surface area contributed by atoms with Crippen LogP contribution in [0.3, 0.4) is 0 Å². The molecule has 116 valence electrons. The third kappa shape index (κ3) is 5.63. The lowest BCUT2D eigenvalue weighted by atomic mass is 10.1. The van der Waals surface area contributed by atoms with Gasteiger partial charge in [0.1, 0.15) is 6.04 Å². The van der Waals surface area contributed by atoms with Crippen LogP contribution in [0.25, 0.3) is 0 Å². The Morgan fingerprint density at radius 1 is 1.27 bits per heavy atom. The zero-order valence-corrected chi connectivity index (χ0v) is 12.1. The molecule has 0 unspecified atom stereocenters. The predicted octanol–water partition coefficient (Wildman–Crippen LogP) is 1.52. The van der Waals surface area contributed by atoms with Gasteiger partial charge in [-0.1, -0.05) is 0 Å². The average Bonchev–Trinajstić information content (AvgIpc) is 2.46. The summed E-state index contributed by atoms with van der Waals surface area (Å²) in [5.74, 6) is -1.87. The second kappa shape index (κ2) is 8.42. The molecule has 7 heteroatoms. The monoisotopic (exact) mass is 303 g/mol. The fraction of sp³-hybridized carbons (Fsp3) is 0.333. The van der Waals surface area contributed by atoms with Crippen molar-refractivity contribution >= 4 is 23.5 Å². The minimum Gasteiger partial charge on any atom is -0.480 e. The normalized spacial score (nSPS) is 11.1. The number of hydrogen-bond acceptors (Lipinski definition) is 4. The van der Waals surface area contributed by atoms with Crippen molar-refractivity contribution in [3.63, 3.8) is 0 Å². The van der Waals surface area contributed by atoms with Crippen LogP contribution in [0.2, 0.25) is 0 Å². The van der Waals surface area contributed by atoms with Gasteiger partial charge in [-0.15, -0.1) is 0 Å². The zero-order chi connectivity index (χ0) is 16.5. The molecule has 1 aromatic rings. The van der Waals surface area contributed by atoms with Gasteiger partial charge < -0.3 is 15.7 Å². The number of benzene rings is 1. The smallest absolute Gasteiger partial charge is 0.326 e. The van der Waals surface area contributed by atoms with Gasteiger partial charge in [0.15, 0.2) is 0 Å². The quantitative estimate of drug-likeness (QED) is 0.660. The number of aliphatic carboxylic acids is 1. The van der Waals surface area contributed by atoms with Gasteiger partial charge in [-0.2, -0.15) is 5.26 Å². The number of carboxylic acids is 1. The Morgan fingerprint density at radius 2 is 1.91 bits per heavy atom. The molecule has 0 bridgehead atoms. The first-order chi connectivity index (χ1) is 10.4. The van der Waals surface area contributed by atoms with Gasteiger partial charge in [-0.05, 0) is 37.1 Å². The summed E-state index contributed by atoms with van der Waals surface area (Å²) in [5.41, 5.74) is 0.841. The van der Waals surface area contributed by atoms with E-state index >= 15 is 0 Å². The molecule has 22 heavy (non-hydrogen) atoms. The SMILES string of the molecule is CC(=O)Nc1ccc(C(=O)N[C@@H](CCCC#N)C(=O)O)cc1. The molecular weight excluding hydrogens is 286 g/mol. The minimum atomic E-state index is -1.14. The van der Waals surface area contributed by atoms with Crippen LogP contribution in [0.15, 0.2) is 24.3 Å². The average molecular weight is 303 g/mol. The highest BCUT2D eigenvalue weighted by Gasteiger charge is 2.20. The largest absolute Gasteiger partial charge is 0.480 e. The lowest BCUT2D eigenvalue weighted by Gasteiger charge is -2.14. The first-order valence-corrected chi connectivity index (χ1v) is 6.72. The number of carboxylic acid groups (broad SMARTS) is 1. The first-order valence-electron chi connectivity index (χ1n) is 6.72. The van der Waals surface area contributed by atoms with Gasteiger partial charge in [0.2, 0.25) is 5.91 Å². The molecule has 1 rings (SSSR count). The molecule has 2 amide bonds. The second-order valence-corrected chi connectivity index (χ2v) is 4.67. The number of carbonyl (C=O) groups excluding carboxylic acids is 2. The van der Waals surface area contributed by atoms with E-state index in [1.807, 2.05) is 6.07 Å². The van der Waals surface area contributed by atoms with E-state index in [1.165, 1.54) is 19.1 Å². The van der Waals surface area contributed by atoms with E-state index in [0.717, 1.165) is 0 Å². The minimum absolute atomic E-state index is 0.193. The number of unbranched alkanes of at least 4 members (excludes halogenated alkanes) is 1. The van der Waals surface area contributed by atoms with E-state index in [0.29, 0.717) is 17.7 Å². The lowest BCUT2D eigenvalue weighted by Crippen LogP contribution is -2.40. The van der Waals surface area contributed by atoms with Crippen LogP contribution in [-0.2, 0) is 9.59 Å². The van der Waals surface area contributed by atoms with Gasteiger partial charge in [-0.3, -0.25) is 9.59 Å². The molecule has 0 heterocycles. The molecule has 7 nitrogen and oxygen atoms in total. The third-order valence-corrected chi connectivity index (χ3v) is 2.85. The number of nitrogens with one attached hydrogen (secondary N) is 2. The Bertz CT molecular complexity index is 590. The Labute approximate surface area is 127 Å².